The summed E-state index contributed by atoms with van der Waals surface area (Å²) in [6.45, 7) is 0. The van der Waals surface area contributed by atoms with Crippen LogP contribution < -0.4 is 11.1 Å². The fraction of sp³-hybridized carbons (Fsp3) is 0.167. The third-order valence-corrected chi connectivity index (χ3v) is 7.45. The summed E-state index contributed by atoms with van der Waals surface area (Å²) in [5.41, 5.74) is 5.71. The van der Waals surface area contributed by atoms with Crippen LogP contribution in [-0.4, -0.2) is 70.2 Å². The molecule has 2 aliphatic rings. The van der Waals surface area contributed by atoms with Crippen molar-refractivity contribution in [2.45, 2.75) is 11.4 Å². The monoisotopic (exact) mass is 505 g/mol. The number of carbonyl (C=O) groups is 3. The molecule has 0 radical (unpaired) electrons. The summed E-state index contributed by atoms with van der Waals surface area (Å²) in [6.07, 6.45) is 5.11. The van der Waals surface area contributed by atoms with Gasteiger partial charge in [-0.25, -0.2) is 4.79 Å². The van der Waals surface area contributed by atoms with Crippen molar-refractivity contribution in [3.63, 3.8) is 0 Å². The highest BCUT2D eigenvalue weighted by Gasteiger charge is 2.54. The van der Waals surface area contributed by atoms with E-state index in [0.717, 1.165) is 22.0 Å². The standard InChI is InChI=1S/C18H15N7O5S3/c19-18-22-13(24-33-18)10(23-30)14(26)21-11-15(27)25-12(17(28)29)9(7-32-16(11)25)31-5-3-8-2-1-4-20-6-8/h1-6,11,16,30H,7H2,(H,21,26)(H,28,29)(H2,19,22,24)/b5-3-,23-10-/t11?,16-/m1/s1. The lowest BCUT2D eigenvalue weighted by Gasteiger charge is -2.49. The number of nitrogens with one attached hydrogen (secondary N) is 1. The molecule has 170 valence electrons. The van der Waals surface area contributed by atoms with Crippen molar-refractivity contribution >= 4 is 69.8 Å². The summed E-state index contributed by atoms with van der Waals surface area (Å²) < 4.78 is 3.81. The number of rotatable bonds is 7. The molecule has 2 amide bonds. The lowest BCUT2D eigenvalue weighted by atomic mass is 10.0. The third-order valence-electron chi connectivity index (χ3n) is 4.55. The maximum atomic E-state index is 12.8. The lowest BCUT2D eigenvalue weighted by molar-refractivity contribution is -0.150. The molecule has 2 atom stereocenters. The molecule has 5 N–H and O–H groups in total. The van der Waals surface area contributed by atoms with Gasteiger partial charge in [0.1, 0.15) is 17.1 Å². The van der Waals surface area contributed by atoms with Gasteiger partial charge >= 0.3 is 5.97 Å². The van der Waals surface area contributed by atoms with Gasteiger partial charge in [-0.1, -0.05) is 23.0 Å². The summed E-state index contributed by atoms with van der Waals surface area (Å²) in [5, 5.41) is 25.5. The van der Waals surface area contributed by atoms with Crippen LogP contribution in [0.3, 0.4) is 0 Å². The molecule has 0 spiro atoms. The van der Waals surface area contributed by atoms with Crippen LogP contribution in [0.15, 0.2) is 45.7 Å². The summed E-state index contributed by atoms with van der Waals surface area (Å²) in [7, 11) is 0. The van der Waals surface area contributed by atoms with Crippen LogP contribution in [0, 0.1) is 0 Å². The Morgan fingerprint density at radius 1 is 1.42 bits per heavy atom. The summed E-state index contributed by atoms with van der Waals surface area (Å²) in [4.78, 5) is 46.6. The average Bonchev–Trinajstić information content (AvgIpc) is 3.23. The molecule has 2 aromatic rings. The Morgan fingerprint density at radius 3 is 2.88 bits per heavy atom. The molecule has 0 aromatic carbocycles. The van der Waals surface area contributed by atoms with Gasteiger partial charge in [0.15, 0.2) is 5.13 Å². The summed E-state index contributed by atoms with van der Waals surface area (Å²) >= 11 is 3.33. The number of hydrogen-bond donors (Lipinski definition) is 4. The number of nitrogens with zero attached hydrogens (tertiary/aromatic N) is 5. The molecular formula is C18H15N7O5S3. The van der Waals surface area contributed by atoms with Crippen molar-refractivity contribution in [1.82, 2.24) is 24.6 Å². The molecular weight excluding hydrogens is 490 g/mol. The average molecular weight is 506 g/mol. The van der Waals surface area contributed by atoms with E-state index in [4.69, 9.17) is 5.73 Å². The number of carbonyl (C=O) groups excluding carboxylic acids is 2. The van der Waals surface area contributed by atoms with Crippen molar-refractivity contribution in [3.8, 4) is 0 Å². The van der Waals surface area contributed by atoms with E-state index >= 15 is 0 Å². The number of thioether (sulfide) groups is 2. The predicted molar refractivity (Wildman–Crippen MR) is 123 cm³/mol. The quantitative estimate of drug-likeness (QED) is 0.180. The topological polar surface area (TPSA) is 184 Å². The Kier molecular flexibility index (Phi) is 6.62. The molecule has 1 saturated heterocycles. The number of pyridine rings is 1. The van der Waals surface area contributed by atoms with Crippen LogP contribution in [0.5, 0.6) is 0 Å². The molecule has 0 saturated carbocycles. The molecule has 1 fully saturated rings. The van der Waals surface area contributed by atoms with Crippen molar-refractivity contribution in [2.24, 2.45) is 5.16 Å². The molecule has 0 bridgehead atoms. The number of β-lactam (4-membered cyclic amide) rings is 1. The second-order valence-electron chi connectivity index (χ2n) is 6.55. The van der Waals surface area contributed by atoms with Crippen LogP contribution in [0.25, 0.3) is 6.08 Å². The van der Waals surface area contributed by atoms with E-state index in [1.54, 1.807) is 29.9 Å². The van der Waals surface area contributed by atoms with E-state index in [0.29, 0.717) is 10.7 Å². The number of carboxylic acids is 1. The molecule has 4 heterocycles. The normalized spacial score (nSPS) is 20.5. The highest BCUT2D eigenvalue weighted by Crippen LogP contribution is 2.43. The first-order valence-electron chi connectivity index (χ1n) is 9.17. The molecule has 12 nitrogen and oxygen atoms in total. The van der Waals surface area contributed by atoms with Crippen LogP contribution >= 0.6 is 35.1 Å². The first kappa shape index (κ1) is 22.8. The fourth-order valence-corrected chi connectivity index (χ4v) is 5.87. The van der Waals surface area contributed by atoms with E-state index in [9.17, 15) is 24.7 Å². The maximum absolute atomic E-state index is 12.8. The Balaban J connectivity index is 1.48. The Bertz CT molecular complexity index is 1200. The zero-order chi connectivity index (χ0) is 23.5. The first-order chi connectivity index (χ1) is 15.9. The number of hydrogen-bond acceptors (Lipinski definition) is 12. The van der Waals surface area contributed by atoms with Gasteiger partial charge in [-0.3, -0.25) is 19.5 Å². The Labute approximate surface area is 198 Å². The molecule has 2 aliphatic heterocycles. The van der Waals surface area contributed by atoms with Crippen LogP contribution in [-0.2, 0) is 14.4 Å². The number of aliphatic carboxylic acids is 1. The van der Waals surface area contributed by atoms with Crippen molar-refractivity contribution in [1.29, 1.82) is 0 Å². The van der Waals surface area contributed by atoms with E-state index in [1.165, 1.54) is 23.5 Å². The molecule has 0 aliphatic carbocycles. The van der Waals surface area contributed by atoms with E-state index in [2.05, 4.69) is 24.8 Å². The van der Waals surface area contributed by atoms with Crippen LogP contribution in [0.1, 0.15) is 11.4 Å². The number of oxime groups is 1. The van der Waals surface area contributed by atoms with Gasteiger partial charge in [0.05, 0.1) is 0 Å². The molecule has 1 unspecified atom stereocenters. The van der Waals surface area contributed by atoms with Gasteiger partial charge in [-0.15, -0.1) is 11.8 Å². The van der Waals surface area contributed by atoms with Crippen LogP contribution in [0.4, 0.5) is 5.13 Å². The van der Waals surface area contributed by atoms with E-state index in [-0.39, 0.29) is 16.7 Å². The first-order valence-corrected chi connectivity index (χ1v) is 11.9. The number of carboxylic acid groups (broad SMARTS) is 1. The number of amides is 2. The smallest absolute Gasteiger partial charge is 0.353 e. The van der Waals surface area contributed by atoms with Crippen molar-refractivity contribution in [3.05, 3.63) is 51.9 Å². The van der Waals surface area contributed by atoms with Gasteiger partial charge in [-0.05, 0) is 23.1 Å². The highest BCUT2D eigenvalue weighted by atomic mass is 32.2. The molecule has 33 heavy (non-hydrogen) atoms. The van der Waals surface area contributed by atoms with Gasteiger partial charge in [0, 0.05) is 34.6 Å². The number of nitrogen functional groups attached to an aromatic ring is 1. The molecule has 2 aromatic heterocycles. The second kappa shape index (κ2) is 9.60. The number of nitrogens with two attached hydrogens (primary N) is 1. The zero-order valence-corrected chi connectivity index (χ0v) is 18.9. The Morgan fingerprint density at radius 2 is 2.24 bits per heavy atom. The van der Waals surface area contributed by atoms with Gasteiger partial charge in [0.2, 0.25) is 11.5 Å². The maximum Gasteiger partial charge on any atom is 0.353 e. The minimum absolute atomic E-state index is 0.0755. The van der Waals surface area contributed by atoms with Crippen molar-refractivity contribution in [2.75, 3.05) is 11.5 Å². The number of fused-ring (bicyclic) bond motifs is 1. The fourth-order valence-electron chi connectivity index (χ4n) is 3.08. The van der Waals surface area contributed by atoms with Gasteiger partial charge in [0.25, 0.3) is 11.8 Å². The SMILES string of the molecule is Nc1nc(/C(=N/O)C(=O)NC2C(=O)N3C(C(=O)O)=C(S/C=C\c4cccnc4)CS[C@H]23)ns1. The Hall–Kier alpha value is -3.43. The summed E-state index contributed by atoms with van der Waals surface area (Å²) in [6, 6.07) is 2.64. The van der Waals surface area contributed by atoms with Gasteiger partial charge < -0.3 is 21.4 Å². The predicted octanol–water partition coefficient (Wildman–Crippen LogP) is 0.794. The van der Waals surface area contributed by atoms with E-state index in [1.807, 2.05) is 6.07 Å². The zero-order valence-electron chi connectivity index (χ0n) is 16.5. The second-order valence-corrected chi connectivity index (χ2v) is 9.44. The number of aromatic nitrogens is 3. The largest absolute Gasteiger partial charge is 0.477 e. The van der Waals surface area contributed by atoms with Gasteiger partial charge in [-0.2, -0.15) is 9.36 Å². The highest BCUT2D eigenvalue weighted by molar-refractivity contribution is 8.08. The van der Waals surface area contributed by atoms with Crippen LogP contribution in [0.2, 0.25) is 0 Å². The lowest BCUT2D eigenvalue weighted by Crippen LogP contribution is -2.71. The summed E-state index contributed by atoms with van der Waals surface area (Å²) in [5.74, 6) is -2.56. The molecule has 4 rings (SSSR count). The molecule has 15 heteroatoms. The number of anilines is 1. The minimum atomic E-state index is -1.24. The minimum Gasteiger partial charge on any atom is -0.477 e. The van der Waals surface area contributed by atoms with E-state index < -0.39 is 34.9 Å². The third kappa shape index (κ3) is 4.55. The van der Waals surface area contributed by atoms with Crippen molar-refractivity contribution < 1.29 is 24.7 Å².